The molecular formula is C27H23N5O2. The fraction of sp³-hybridized carbons (Fsp3) is 0.111. The number of pyridine rings is 1. The van der Waals surface area contributed by atoms with Gasteiger partial charge in [-0.25, -0.2) is 10.5 Å². The molecule has 34 heavy (non-hydrogen) atoms. The van der Waals surface area contributed by atoms with Crippen LogP contribution in [-0.4, -0.2) is 22.4 Å². The van der Waals surface area contributed by atoms with Crippen LogP contribution in [0, 0.1) is 0 Å². The monoisotopic (exact) mass is 449 g/mol. The Hall–Kier alpha value is -4.36. The fourth-order valence-corrected chi connectivity index (χ4v) is 4.09. The number of hydrogen-bond acceptors (Lipinski definition) is 7. The molecule has 2 aliphatic heterocycles. The number of ether oxygens (including phenoxy) is 2. The lowest BCUT2D eigenvalue weighted by atomic mass is 10.1. The molecule has 7 nitrogen and oxygen atoms in total. The highest BCUT2D eigenvalue weighted by Gasteiger charge is 2.25. The topological polar surface area (TPSA) is 71.0 Å². The molecule has 0 bridgehead atoms. The number of nitrogens with one attached hydrogen (secondary N) is 2. The van der Waals surface area contributed by atoms with Gasteiger partial charge in [0.05, 0.1) is 17.8 Å². The summed E-state index contributed by atoms with van der Waals surface area (Å²) in [6.07, 6.45) is 2.06. The molecule has 2 aliphatic rings. The van der Waals surface area contributed by atoms with E-state index in [0.717, 1.165) is 50.6 Å². The van der Waals surface area contributed by atoms with E-state index >= 15 is 0 Å². The van der Waals surface area contributed by atoms with Gasteiger partial charge in [-0.2, -0.15) is 0 Å². The summed E-state index contributed by atoms with van der Waals surface area (Å²) in [5, 5.41) is 7.43. The second-order valence-electron chi connectivity index (χ2n) is 8.10. The Morgan fingerprint density at radius 2 is 1.62 bits per heavy atom. The summed E-state index contributed by atoms with van der Waals surface area (Å²) >= 11 is 0. The number of benzene rings is 3. The predicted octanol–water partition coefficient (Wildman–Crippen LogP) is 4.37. The number of fused-ring (bicyclic) bond motifs is 4. The molecule has 1 aromatic heterocycles. The number of hydrazine groups is 2. The first-order valence-electron chi connectivity index (χ1n) is 11.2. The molecule has 0 saturated heterocycles. The van der Waals surface area contributed by atoms with E-state index in [9.17, 15) is 0 Å². The zero-order valence-corrected chi connectivity index (χ0v) is 18.4. The molecule has 2 N–H and O–H groups in total. The van der Waals surface area contributed by atoms with Gasteiger partial charge in [0.25, 0.3) is 0 Å². The van der Waals surface area contributed by atoms with Crippen LogP contribution < -0.4 is 15.8 Å². The zero-order valence-electron chi connectivity index (χ0n) is 18.4. The molecule has 0 saturated carbocycles. The smallest absolute Gasteiger partial charge is 0.174 e. The third-order valence-corrected chi connectivity index (χ3v) is 5.86. The van der Waals surface area contributed by atoms with Crippen molar-refractivity contribution >= 4 is 22.5 Å². The van der Waals surface area contributed by atoms with E-state index < -0.39 is 0 Å². The van der Waals surface area contributed by atoms with Crippen molar-refractivity contribution in [3.8, 4) is 5.75 Å². The molecule has 7 heteroatoms. The van der Waals surface area contributed by atoms with Crippen LogP contribution in [-0.2, 0) is 18.0 Å². The number of rotatable bonds is 6. The van der Waals surface area contributed by atoms with Gasteiger partial charge in [0.1, 0.15) is 24.7 Å². The maximum atomic E-state index is 6.23. The number of hydrazone groups is 1. The minimum absolute atomic E-state index is 0.424. The van der Waals surface area contributed by atoms with Crippen molar-refractivity contribution in [3.05, 3.63) is 113 Å². The Kier molecular flexibility index (Phi) is 5.29. The van der Waals surface area contributed by atoms with Gasteiger partial charge in [0.15, 0.2) is 5.84 Å². The minimum Gasteiger partial charge on any atom is -0.489 e. The van der Waals surface area contributed by atoms with Crippen molar-refractivity contribution in [1.29, 1.82) is 0 Å². The van der Waals surface area contributed by atoms with E-state index in [2.05, 4.69) is 51.5 Å². The number of amidine groups is 1. The van der Waals surface area contributed by atoms with Gasteiger partial charge >= 0.3 is 0 Å². The van der Waals surface area contributed by atoms with E-state index in [1.165, 1.54) is 0 Å². The van der Waals surface area contributed by atoms with Crippen LogP contribution in [0.2, 0.25) is 0 Å². The van der Waals surface area contributed by atoms with E-state index in [0.29, 0.717) is 19.8 Å². The molecule has 0 radical (unpaired) electrons. The number of nitrogens with zero attached hydrogens (tertiary/aromatic N) is 3. The molecule has 4 aromatic rings. The van der Waals surface area contributed by atoms with E-state index in [4.69, 9.17) is 9.47 Å². The lowest BCUT2D eigenvalue weighted by molar-refractivity contribution is 0.261. The zero-order chi connectivity index (χ0) is 22.7. The Morgan fingerprint density at radius 1 is 0.794 bits per heavy atom. The summed E-state index contributed by atoms with van der Waals surface area (Å²) in [5.74, 6) is 2.50. The van der Waals surface area contributed by atoms with Gasteiger partial charge in [-0.1, -0.05) is 60.7 Å². The van der Waals surface area contributed by atoms with Crippen LogP contribution in [0.3, 0.4) is 0 Å². The second-order valence-corrected chi connectivity index (χ2v) is 8.10. The van der Waals surface area contributed by atoms with Gasteiger partial charge in [0.2, 0.25) is 0 Å². The standard InChI is InChI=1S/C27H23N5O2/c1-4-8-25-20(5-1)11-12-21(28-25)18-33-22-13-9-19(10-14-22)17-34-26-15-16-32-27(29-30-31-32)24-7-3-2-6-23(24)26/h1-15,30-31H,16-18H2. The van der Waals surface area contributed by atoms with Crippen LogP contribution in [0.25, 0.3) is 16.7 Å². The molecular weight excluding hydrogens is 426 g/mol. The highest BCUT2D eigenvalue weighted by Crippen LogP contribution is 2.27. The quantitative estimate of drug-likeness (QED) is 0.456. The van der Waals surface area contributed by atoms with Crippen molar-refractivity contribution in [2.45, 2.75) is 13.2 Å². The van der Waals surface area contributed by atoms with E-state index in [1.807, 2.05) is 65.7 Å². The van der Waals surface area contributed by atoms with Crippen molar-refractivity contribution < 1.29 is 9.47 Å². The molecule has 0 fully saturated rings. The molecule has 3 heterocycles. The highest BCUT2D eigenvalue weighted by atomic mass is 16.5. The van der Waals surface area contributed by atoms with Crippen LogP contribution in [0.15, 0.2) is 96.1 Å². The Labute approximate surface area is 197 Å². The van der Waals surface area contributed by atoms with Gasteiger partial charge < -0.3 is 9.47 Å². The average Bonchev–Trinajstić information content (AvgIpc) is 3.31. The van der Waals surface area contributed by atoms with Crippen LogP contribution >= 0.6 is 0 Å². The largest absolute Gasteiger partial charge is 0.489 e. The van der Waals surface area contributed by atoms with Crippen molar-refractivity contribution in [2.24, 2.45) is 5.10 Å². The lowest BCUT2D eigenvalue weighted by Crippen LogP contribution is -2.40. The fourth-order valence-electron chi connectivity index (χ4n) is 4.09. The summed E-state index contributed by atoms with van der Waals surface area (Å²) in [4.78, 5) is 4.66. The SMILES string of the molecule is C1=C(OCc2ccc(OCc3ccc4ccccc4n3)cc2)c2ccccc2C2=NNNN2C1. The summed E-state index contributed by atoms with van der Waals surface area (Å²) < 4.78 is 12.2. The number of hydrogen-bond donors (Lipinski definition) is 2. The summed E-state index contributed by atoms with van der Waals surface area (Å²) in [7, 11) is 0. The normalized spacial score (nSPS) is 14.4. The molecule has 0 aliphatic carbocycles. The van der Waals surface area contributed by atoms with Crippen molar-refractivity contribution in [3.63, 3.8) is 0 Å². The molecule has 6 rings (SSSR count). The van der Waals surface area contributed by atoms with Gasteiger partial charge in [0, 0.05) is 16.5 Å². The maximum absolute atomic E-state index is 6.23. The summed E-state index contributed by atoms with van der Waals surface area (Å²) in [6.45, 7) is 1.53. The molecule has 0 amide bonds. The maximum Gasteiger partial charge on any atom is 0.174 e. The van der Waals surface area contributed by atoms with Gasteiger partial charge in [-0.3, -0.25) is 5.01 Å². The van der Waals surface area contributed by atoms with E-state index in [-0.39, 0.29) is 0 Å². The predicted molar refractivity (Wildman–Crippen MR) is 131 cm³/mol. The summed E-state index contributed by atoms with van der Waals surface area (Å²) in [5.41, 5.74) is 10.8. The van der Waals surface area contributed by atoms with E-state index in [1.54, 1.807) is 0 Å². The second kappa shape index (κ2) is 8.88. The first-order chi connectivity index (χ1) is 16.8. The summed E-state index contributed by atoms with van der Waals surface area (Å²) in [6, 6.07) is 28.3. The Morgan fingerprint density at radius 3 is 2.53 bits per heavy atom. The van der Waals surface area contributed by atoms with Crippen molar-refractivity contribution in [1.82, 2.24) is 21.1 Å². The molecule has 0 unspecified atom stereocenters. The number of para-hydroxylation sites is 1. The highest BCUT2D eigenvalue weighted by molar-refractivity contribution is 6.03. The van der Waals surface area contributed by atoms with Crippen LogP contribution in [0.5, 0.6) is 5.75 Å². The Balaban J connectivity index is 1.10. The first-order valence-corrected chi connectivity index (χ1v) is 11.2. The average molecular weight is 450 g/mol. The van der Waals surface area contributed by atoms with Gasteiger partial charge in [-0.15, -0.1) is 10.6 Å². The van der Waals surface area contributed by atoms with Gasteiger partial charge in [-0.05, 0) is 35.9 Å². The lowest BCUT2D eigenvalue weighted by Gasteiger charge is -2.15. The third-order valence-electron chi connectivity index (χ3n) is 5.86. The van der Waals surface area contributed by atoms with Crippen molar-refractivity contribution in [2.75, 3.05) is 6.54 Å². The molecule has 3 aromatic carbocycles. The first kappa shape index (κ1) is 20.3. The molecule has 0 spiro atoms. The Bertz CT molecular complexity index is 1400. The molecule has 168 valence electrons. The third kappa shape index (κ3) is 4.04. The van der Waals surface area contributed by atoms with Crippen LogP contribution in [0.1, 0.15) is 22.4 Å². The van der Waals surface area contributed by atoms with Crippen LogP contribution in [0.4, 0.5) is 0 Å². The minimum atomic E-state index is 0.424. The number of aromatic nitrogens is 1. The molecule has 0 atom stereocenters.